The van der Waals surface area contributed by atoms with E-state index in [0.717, 1.165) is 57.2 Å². The Morgan fingerprint density at radius 3 is 2.78 bits per heavy atom. The van der Waals surface area contributed by atoms with Gasteiger partial charge in [-0.15, -0.1) is 34.2 Å². The second kappa shape index (κ2) is 10.6. The molecule has 148 valence electrons. The summed E-state index contributed by atoms with van der Waals surface area (Å²) in [5.41, 5.74) is 2.87. The summed E-state index contributed by atoms with van der Waals surface area (Å²) in [5, 5.41) is 11.8. The highest BCUT2D eigenvalue weighted by Gasteiger charge is 2.19. The van der Waals surface area contributed by atoms with Gasteiger partial charge in [0, 0.05) is 32.1 Å². The number of nitrogens with zero attached hydrogens (tertiary/aromatic N) is 5. The van der Waals surface area contributed by atoms with Gasteiger partial charge in [-0.05, 0) is 30.9 Å². The smallest absolute Gasteiger partial charge is 0.194 e. The van der Waals surface area contributed by atoms with E-state index >= 15 is 0 Å². The molecule has 6 nitrogen and oxygen atoms in total. The predicted octanol–water partition coefficient (Wildman–Crippen LogP) is 3.26. The van der Waals surface area contributed by atoms with Gasteiger partial charge in [-0.25, -0.2) is 0 Å². The third-order valence-electron chi connectivity index (χ3n) is 5.03. The molecule has 27 heavy (non-hydrogen) atoms. The van der Waals surface area contributed by atoms with Gasteiger partial charge in [-0.3, -0.25) is 4.99 Å². The number of halogens is 1. The Kier molecular flexibility index (Phi) is 8.53. The fourth-order valence-electron chi connectivity index (χ4n) is 3.24. The molecule has 0 fully saturated rings. The maximum Gasteiger partial charge on any atom is 0.194 e. The minimum absolute atomic E-state index is 0. The average Bonchev–Trinajstić information content (AvgIpc) is 3.14. The SMILES string of the molecule is CCc1nncn1CCN=C(NC(C)CC)N1CCc2ccccc2C1.I. The highest BCUT2D eigenvalue weighted by atomic mass is 127. The molecule has 1 N–H and O–H groups in total. The zero-order valence-electron chi connectivity index (χ0n) is 16.6. The van der Waals surface area contributed by atoms with Crippen molar-refractivity contribution < 1.29 is 0 Å². The second-order valence-electron chi connectivity index (χ2n) is 6.89. The number of fused-ring (bicyclic) bond motifs is 1. The molecule has 1 aromatic heterocycles. The molecular weight excluding hydrogens is 451 g/mol. The van der Waals surface area contributed by atoms with Crippen LogP contribution in [-0.2, 0) is 25.9 Å². The molecule has 1 aliphatic rings. The first kappa shape index (κ1) is 21.7. The van der Waals surface area contributed by atoms with Gasteiger partial charge in [0.2, 0.25) is 0 Å². The van der Waals surface area contributed by atoms with E-state index in [2.05, 4.69) is 70.0 Å². The summed E-state index contributed by atoms with van der Waals surface area (Å²) >= 11 is 0. The minimum Gasteiger partial charge on any atom is -0.354 e. The Labute approximate surface area is 179 Å². The number of guanidine groups is 1. The predicted molar refractivity (Wildman–Crippen MR) is 121 cm³/mol. The maximum atomic E-state index is 4.91. The van der Waals surface area contributed by atoms with E-state index in [0.29, 0.717) is 6.04 Å². The molecule has 0 radical (unpaired) electrons. The largest absolute Gasteiger partial charge is 0.354 e. The molecule has 0 bridgehead atoms. The number of benzene rings is 1. The Balaban J connectivity index is 0.00000261. The summed E-state index contributed by atoms with van der Waals surface area (Å²) in [6.45, 7) is 9.98. The first-order chi connectivity index (χ1) is 12.7. The van der Waals surface area contributed by atoms with E-state index < -0.39 is 0 Å². The zero-order valence-corrected chi connectivity index (χ0v) is 18.9. The van der Waals surface area contributed by atoms with Gasteiger partial charge in [-0.2, -0.15) is 0 Å². The lowest BCUT2D eigenvalue weighted by Gasteiger charge is -2.33. The van der Waals surface area contributed by atoms with E-state index in [-0.39, 0.29) is 24.0 Å². The molecule has 0 spiro atoms. The van der Waals surface area contributed by atoms with Crippen LogP contribution in [-0.4, -0.2) is 44.8 Å². The molecule has 1 aliphatic heterocycles. The molecule has 1 unspecified atom stereocenters. The zero-order chi connectivity index (χ0) is 18.4. The quantitative estimate of drug-likeness (QED) is 0.390. The van der Waals surface area contributed by atoms with Gasteiger partial charge in [0.25, 0.3) is 0 Å². The van der Waals surface area contributed by atoms with Crippen LogP contribution in [0.5, 0.6) is 0 Å². The molecule has 2 heterocycles. The molecule has 0 saturated carbocycles. The molecule has 7 heteroatoms. The van der Waals surface area contributed by atoms with Crippen LogP contribution < -0.4 is 5.32 Å². The number of nitrogens with one attached hydrogen (secondary N) is 1. The monoisotopic (exact) mass is 482 g/mol. The number of rotatable bonds is 6. The van der Waals surface area contributed by atoms with Gasteiger partial charge in [0.1, 0.15) is 12.2 Å². The molecule has 3 rings (SSSR count). The Bertz CT molecular complexity index is 742. The highest BCUT2D eigenvalue weighted by Crippen LogP contribution is 2.18. The number of aromatic nitrogens is 3. The van der Waals surface area contributed by atoms with Crippen LogP contribution in [0.1, 0.15) is 44.1 Å². The molecule has 1 atom stereocenters. The van der Waals surface area contributed by atoms with E-state index in [1.165, 1.54) is 11.1 Å². The van der Waals surface area contributed by atoms with Crippen LogP contribution in [0, 0.1) is 0 Å². The lowest BCUT2D eigenvalue weighted by atomic mass is 10.0. The minimum atomic E-state index is 0. The summed E-state index contributed by atoms with van der Waals surface area (Å²) in [6, 6.07) is 9.13. The lowest BCUT2D eigenvalue weighted by molar-refractivity contribution is 0.370. The highest BCUT2D eigenvalue weighted by molar-refractivity contribution is 14.0. The van der Waals surface area contributed by atoms with Crippen molar-refractivity contribution in [3.63, 3.8) is 0 Å². The van der Waals surface area contributed by atoms with Crippen molar-refractivity contribution in [1.29, 1.82) is 0 Å². The van der Waals surface area contributed by atoms with Crippen molar-refractivity contribution in [2.45, 2.75) is 59.2 Å². The van der Waals surface area contributed by atoms with Crippen molar-refractivity contribution in [2.75, 3.05) is 13.1 Å². The third kappa shape index (κ3) is 5.67. The molecule has 0 amide bonds. The lowest BCUT2D eigenvalue weighted by Crippen LogP contribution is -2.47. The van der Waals surface area contributed by atoms with Crippen LogP contribution in [0.15, 0.2) is 35.6 Å². The van der Waals surface area contributed by atoms with Gasteiger partial charge < -0.3 is 14.8 Å². The first-order valence-electron chi connectivity index (χ1n) is 9.70. The fraction of sp³-hybridized carbons (Fsp3) is 0.550. The summed E-state index contributed by atoms with van der Waals surface area (Å²) in [4.78, 5) is 7.29. The van der Waals surface area contributed by atoms with Crippen LogP contribution in [0.2, 0.25) is 0 Å². The Morgan fingerprint density at radius 1 is 1.26 bits per heavy atom. The van der Waals surface area contributed by atoms with Crippen molar-refractivity contribution in [1.82, 2.24) is 25.0 Å². The second-order valence-corrected chi connectivity index (χ2v) is 6.89. The van der Waals surface area contributed by atoms with E-state index in [1.807, 2.05) is 0 Å². The summed E-state index contributed by atoms with van der Waals surface area (Å²) < 4.78 is 2.09. The molecular formula is C20H31IN6. The third-order valence-corrected chi connectivity index (χ3v) is 5.03. The summed E-state index contributed by atoms with van der Waals surface area (Å²) in [5.74, 6) is 2.03. The van der Waals surface area contributed by atoms with Crippen LogP contribution in [0.25, 0.3) is 0 Å². The standard InChI is InChI=1S/C20H30N6.HI/c1-4-16(3)23-20(21-11-13-26-15-22-24-19(26)5-2)25-12-10-17-8-6-7-9-18(17)14-25;/h6-9,15-16H,4-5,10-14H2,1-3H3,(H,21,23);1H. The van der Waals surface area contributed by atoms with Gasteiger partial charge in [0.05, 0.1) is 6.54 Å². The number of aryl methyl sites for hydroxylation is 1. The van der Waals surface area contributed by atoms with Crippen molar-refractivity contribution in [2.24, 2.45) is 4.99 Å². The molecule has 2 aromatic rings. The first-order valence-corrected chi connectivity index (χ1v) is 9.70. The normalized spacial score (nSPS) is 15.1. The molecule has 1 aromatic carbocycles. The summed E-state index contributed by atoms with van der Waals surface area (Å²) in [7, 11) is 0. The van der Waals surface area contributed by atoms with Crippen molar-refractivity contribution in [3.05, 3.63) is 47.5 Å². The van der Waals surface area contributed by atoms with Gasteiger partial charge in [-0.1, -0.05) is 38.1 Å². The van der Waals surface area contributed by atoms with Crippen LogP contribution in [0.4, 0.5) is 0 Å². The molecule has 0 saturated heterocycles. The topological polar surface area (TPSA) is 58.3 Å². The van der Waals surface area contributed by atoms with E-state index in [1.54, 1.807) is 6.33 Å². The number of hydrogen-bond donors (Lipinski definition) is 1. The van der Waals surface area contributed by atoms with E-state index in [4.69, 9.17) is 4.99 Å². The number of hydrogen-bond acceptors (Lipinski definition) is 3. The maximum absolute atomic E-state index is 4.91. The summed E-state index contributed by atoms with van der Waals surface area (Å²) in [6.07, 6.45) is 4.84. The van der Waals surface area contributed by atoms with Gasteiger partial charge in [0.15, 0.2) is 5.96 Å². The van der Waals surface area contributed by atoms with E-state index in [9.17, 15) is 0 Å². The van der Waals surface area contributed by atoms with Crippen molar-refractivity contribution in [3.8, 4) is 0 Å². The Morgan fingerprint density at radius 2 is 2.04 bits per heavy atom. The van der Waals surface area contributed by atoms with Crippen molar-refractivity contribution >= 4 is 29.9 Å². The van der Waals surface area contributed by atoms with Crippen LogP contribution >= 0.6 is 24.0 Å². The van der Waals surface area contributed by atoms with Crippen LogP contribution in [0.3, 0.4) is 0 Å². The van der Waals surface area contributed by atoms with Gasteiger partial charge >= 0.3 is 0 Å². The molecule has 0 aliphatic carbocycles. The fourth-order valence-corrected chi connectivity index (χ4v) is 3.24. The Hall–Kier alpha value is -1.64. The number of aliphatic imine (C=N–C) groups is 1. The average molecular weight is 482 g/mol.